The van der Waals surface area contributed by atoms with Gasteiger partial charge in [-0.15, -0.1) is 0 Å². The molecule has 0 spiro atoms. The molecular formula is C4H10BO2. The van der Waals surface area contributed by atoms with Gasteiger partial charge in [0.1, 0.15) is 0 Å². The molecule has 0 saturated carbocycles. The van der Waals surface area contributed by atoms with Crippen LogP contribution in [-0.4, -0.2) is 34.5 Å². The molecule has 0 saturated heterocycles. The van der Waals surface area contributed by atoms with Crippen LogP contribution in [0.5, 0.6) is 0 Å². The van der Waals surface area contributed by atoms with Crippen molar-refractivity contribution in [2.75, 3.05) is 27.2 Å². The molecule has 2 nitrogen and oxygen atoms in total. The number of ether oxygens (including phenoxy) is 2. The smallest absolute Gasteiger partial charge is 0.179 e. The van der Waals surface area contributed by atoms with Gasteiger partial charge in [-0.3, -0.25) is 0 Å². The zero-order chi connectivity index (χ0) is 5.54. The van der Waals surface area contributed by atoms with E-state index in [2.05, 4.69) is 0 Å². The number of rotatable bonds is 4. The molecule has 0 atom stereocenters. The monoisotopic (exact) mass is 101 g/mol. The summed E-state index contributed by atoms with van der Waals surface area (Å²) in [5, 5.41) is 0. The number of hydrogen-bond acceptors (Lipinski definition) is 2. The van der Waals surface area contributed by atoms with Gasteiger partial charge >= 0.3 is 0 Å². The fourth-order valence-electron chi connectivity index (χ4n) is 0.284. The highest BCUT2D eigenvalue weighted by atomic mass is 16.5. The van der Waals surface area contributed by atoms with E-state index in [1.807, 2.05) is 7.28 Å². The molecule has 0 aromatic rings. The molecule has 0 N–H and O–H groups in total. The van der Waals surface area contributed by atoms with Gasteiger partial charge in [0.2, 0.25) is 0 Å². The van der Waals surface area contributed by atoms with Crippen molar-refractivity contribution in [3.63, 3.8) is 0 Å². The van der Waals surface area contributed by atoms with Crippen LogP contribution < -0.4 is 0 Å². The van der Waals surface area contributed by atoms with Crippen molar-refractivity contribution in [2.24, 2.45) is 0 Å². The van der Waals surface area contributed by atoms with Crippen LogP contribution in [0.2, 0.25) is 0 Å². The van der Waals surface area contributed by atoms with E-state index in [1.54, 1.807) is 14.2 Å². The van der Waals surface area contributed by atoms with Gasteiger partial charge in [0.15, 0.2) is 7.28 Å². The van der Waals surface area contributed by atoms with E-state index in [4.69, 9.17) is 9.47 Å². The van der Waals surface area contributed by atoms with Crippen LogP contribution in [0.25, 0.3) is 0 Å². The standard InChI is InChI=1S/C4H10BO2/c1-6-3-5-4-7-2/h3-4H2,1-2H3. The zero-order valence-corrected chi connectivity index (χ0v) is 4.81. The lowest BCUT2D eigenvalue weighted by molar-refractivity contribution is 0.227. The third-order valence-corrected chi connectivity index (χ3v) is 0.569. The molecule has 0 bridgehead atoms. The Morgan fingerprint density at radius 2 is 1.57 bits per heavy atom. The van der Waals surface area contributed by atoms with Crippen LogP contribution in [0.4, 0.5) is 0 Å². The summed E-state index contributed by atoms with van der Waals surface area (Å²) in [5.74, 6) is 0. The highest BCUT2D eigenvalue weighted by molar-refractivity contribution is 6.34. The summed E-state index contributed by atoms with van der Waals surface area (Å²) in [6.07, 6.45) is 0. The minimum atomic E-state index is 0.674. The van der Waals surface area contributed by atoms with E-state index in [9.17, 15) is 0 Å². The van der Waals surface area contributed by atoms with E-state index in [-0.39, 0.29) is 0 Å². The van der Waals surface area contributed by atoms with Crippen molar-refractivity contribution in [1.29, 1.82) is 0 Å². The highest BCUT2D eigenvalue weighted by Crippen LogP contribution is 1.65. The average molecular weight is 101 g/mol. The Balaban J connectivity index is 2.45. The van der Waals surface area contributed by atoms with Crippen LogP contribution in [0.3, 0.4) is 0 Å². The van der Waals surface area contributed by atoms with E-state index in [0.29, 0.717) is 13.0 Å². The predicted octanol–water partition coefficient (Wildman–Crippen LogP) is -0.102. The minimum Gasteiger partial charge on any atom is -0.393 e. The molecule has 7 heavy (non-hydrogen) atoms. The maximum Gasteiger partial charge on any atom is 0.179 e. The van der Waals surface area contributed by atoms with Gasteiger partial charge in [0.25, 0.3) is 0 Å². The van der Waals surface area contributed by atoms with E-state index in [1.165, 1.54) is 0 Å². The minimum absolute atomic E-state index is 0.674. The molecule has 0 rings (SSSR count). The van der Waals surface area contributed by atoms with Gasteiger partial charge in [-0.05, 0) is 0 Å². The molecule has 0 aliphatic heterocycles. The summed E-state index contributed by atoms with van der Waals surface area (Å²) >= 11 is 0. The second-order valence-electron chi connectivity index (χ2n) is 1.20. The summed E-state index contributed by atoms with van der Waals surface area (Å²) in [5.41, 5.74) is 0. The normalized spacial score (nSPS) is 8.86. The first-order valence-corrected chi connectivity index (χ1v) is 2.21. The van der Waals surface area contributed by atoms with Crippen LogP contribution in [-0.2, 0) is 9.47 Å². The summed E-state index contributed by atoms with van der Waals surface area (Å²) in [4.78, 5) is 0. The third kappa shape index (κ3) is 5.98. The van der Waals surface area contributed by atoms with Crippen LogP contribution in [0.15, 0.2) is 0 Å². The van der Waals surface area contributed by atoms with Crippen molar-refractivity contribution >= 4 is 7.28 Å². The largest absolute Gasteiger partial charge is 0.393 e. The Kier molecular flexibility index (Phi) is 5.97. The van der Waals surface area contributed by atoms with Crippen LogP contribution in [0.1, 0.15) is 0 Å². The molecule has 0 aliphatic rings. The maximum absolute atomic E-state index is 4.71. The summed E-state index contributed by atoms with van der Waals surface area (Å²) in [6, 6.07) is 0. The lowest BCUT2D eigenvalue weighted by Crippen LogP contribution is -2.07. The quantitative estimate of drug-likeness (QED) is 0.363. The lowest BCUT2D eigenvalue weighted by Gasteiger charge is -1.92. The second-order valence-corrected chi connectivity index (χ2v) is 1.20. The van der Waals surface area contributed by atoms with Crippen molar-refractivity contribution in [3.05, 3.63) is 0 Å². The molecule has 41 valence electrons. The third-order valence-electron chi connectivity index (χ3n) is 0.569. The molecule has 0 aromatic heterocycles. The Morgan fingerprint density at radius 3 is 1.86 bits per heavy atom. The highest BCUT2D eigenvalue weighted by Gasteiger charge is 1.83. The molecule has 3 heteroatoms. The molecule has 0 heterocycles. The van der Waals surface area contributed by atoms with Crippen molar-refractivity contribution < 1.29 is 9.47 Å². The summed E-state index contributed by atoms with van der Waals surface area (Å²) in [7, 11) is 5.23. The molecule has 0 aromatic carbocycles. The molecule has 0 unspecified atom stereocenters. The van der Waals surface area contributed by atoms with Crippen LogP contribution >= 0.6 is 0 Å². The van der Waals surface area contributed by atoms with Crippen LogP contribution in [0, 0.1) is 0 Å². The maximum atomic E-state index is 4.71. The lowest BCUT2D eigenvalue weighted by atomic mass is 9.82. The van der Waals surface area contributed by atoms with Gasteiger partial charge in [-0.1, -0.05) is 0 Å². The van der Waals surface area contributed by atoms with Gasteiger partial charge in [0.05, 0.1) is 0 Å². The number of methoxy groups -OCH3 is 2. The SMILES string of the molecule is COC[B]COC. The Bertz CT molecular complexity index is 28.9. The fraction of sp³-hybridized carbons (Fsp3) is 1.00. The number of hydrogen-bond donors (Lipinski definition) is 0. The average Bonchev–Trinajstić information content (AvgIpc) is 1.69. The Morgan fingerprint density at radius 1 is 1.14 bits per heavy atom. The van der Waals surface area contributed by atoms with Crippen molar-refractivity contribution in [2.45, 2.75) is 0 Å². The van der Waals surface area contributed by atoms with E-state index >= 15 is 0 Å². The molecular weight excluding hydrogens is 90.9 g/mol. The molecule has 0 amide bonds. The van der Waals surface area contributed by atoms with Gasteiger partial charge in [-0.2, -0.15) is 0 Å². The topological polar surface area (TPSA) is 18.5 Å². The second kappa shape index (κ2) is 5.98. The molecule has 0 fully saturated rings. The molecule has 1 radical (unpaired) electrons. The molecule has 0 aliphatic carbocycles. The first kappa shape index (κ1) is 6.98. The van der Waals surface area contributed by atoms with Crippen molar-refractivity contribution in [1.82, 2.24) is 0 Å². The van der Waals surface area contributed by atoms with E-state index < -0.39 is 0 Å². The first-order valence-electron chi connectivity index (χ1n) is 2.21. The Labute approximate surface area is 45.0 Å². The summed E-state index contributed by atoms with van der Waals surface area (Å²) < 4.78 is 9.42. The van der Waals surface area contributed by atoms with Crippen molar-refractivity contribution in [3.8, 4) is 0 Å². The van der Waals surface area contributed by atoms with Gasteiger partial charge in [-0.25, -0.2) is 0 Å². The summed E-state index contributed by atoms with van der Waals surface area (Å²) in [6.45, 7) is 1.35. The predicted molar refractivity (Wildman–Crippen MR) is 29.5 cm³/mol. The van der Waals surface area contributed by atoms with E-state index in [0.717, 1.165) is 0 Å². The Hall–Kier alpha value is -0.0151. The van der Waals surface area contributed by atoms with Gasteiger partial charge in [0, 0.05) is 27.2 Å². The first-order chi connectivity index (χ1) is 3.41. The fourth-order valence-corrected chi connectivity index (χ4v) is 0.284. The zero-order valence-electron chi connectivity index (χ0n) is 4.81. The van der Waals surface area contributed by atoms with Gasteiger partial charge < -0.3 is 9.47 Å².